The molecule has 0 saturated heterocycles. The Hall–Kier alpha value is -2.58. The van der Waals surface area contributed by atoms with Crippen LogP contribution in [0.5, 0.6) is 0 Å². The van der Waals surface area contributed by atoms with Gasteiger partial charge in [-0.2, -0.15) is 18.2 Å². The van der Waals surface area contributed by atoms with Crippen molar-refractivity contribution in [2.75, 3.05) is 10.6 Å². The Morgan fingerprint density at radius 3 is 2.65 bits per heavy atom. The van der Waals surface area contributed by atoms with Gasteiger partial charge in [0.25, 0.3) is 0 Å². The van der Waals surface area contributed by atoms with Crippen molar-refractivity contribution in [3.05, 3.63) is 35.7 Å². The summed E-state index contributed by atoms with van der Waals surface area (Å²) in [5, 5.41) is 10.7. The van der Waals surface area contributed by atoms with Crippen LogP contribution in [0.1, 0.15) is 11.4 Å². The maximum absolute atomic E-state index is 12.5. The number of carbonyl (C=O) groups is 1. The number of nitrogens with zero attached hydrogens (tertiary/aromatic N) is 2. The van der Waals surface area contributed by atoms with Gasteiger partial charge < -0.3 is 5.32 Å². The van der Waals surface area contributed by atoms with Crippen LogP contribution in [0.3, 0.4) is 0 Å². The van der Waals surface area contributed by atoms with Crippen molar-refractivity contribution in [3.8, 4) is 0 Å². The molecule has 0 bridgehead atoms. The van der Waals surface area contributed by atoms with E-state index in [2.05, 4.69) is 25.8 Å². The predicted molar refractivity (Wildman–Crippen MR) is 65.2 cm³/mol. The van der Waals surface area contributed by atoms with Gasteiger partial charge in [-0.3, -0.25) is 10.4 Å². The normalized spacial score (nSPS) is 11.2. The highest BCUT2D eigenvalue weighted by atomic mass is 19.4. The molecular weight excluding hydrogens is 275 g/mol. The standard InChI is InChI=1S/C11H10F3N5O/c1-6-15-9(19-18-6)17-10(20)16-8-4-2-3-7(5-8)11(12,13)14/h2-5H,1H3,(H3,15,16,17,18,19,20). The molecule has 0 saturated carbocycles. The summed E-state index contributed by atoms with van der Waals surface area (Å²) >= 11 is 0. The van der Waals surface area contributed by atoms with Crippen LogP contribution in [0.25, 0.3) is 0 Å². The van der Waals surface area contributed by atoms with Crippen molar-refractivity contribution in [2.24, 2.45) is 0 Å². The van der Waals surface area contributed by atoms with E-state index in [9.17, 15) is 18.0 Å². The lowest BCUT2D eigenvalue weighted by Crippen LogP contribution is -2.20. The minimum absolute atomic E-state index is 0.0181. The van der Waals surface area contributed by atoms with Crippen LogP contribution >= 0.6 is 0 Å². The first kappa shape index (κ1) is 13.8. The number of hydrogen-bond acceptors (Lipinski definition) is 3. The molecule has 6 nitrogen and oxygen atoms in total. The summed E-state index contributed by atoms with van der Waals surface area (Å²) in [7, 11) is 0. The monoisotopic (exact) mass is 285 g/mol. The van der Waals surface area contributed by atoms with E-state index in [0.29, 0.717) is 5.82 Å². The number of halogens is 3. The predicted octanol–water partition coefficient (Wildman–Crippen LogP) is 2.78. The number of hydrogen-bond donors (Lipinski definition) is 3. The van der Waals surface area contributed by atoms with Crippen molar-refractivity contribution in [1.29, 1.82) is 0 Å². The van der Waals surface area contributed by atoms with Gasteiger partial charge >= 0.3 is 12.2 Å². The second-order valence-electron chi connectivity index (χ2n) is 3.90. The van der Waals surface area contributed by atoms with E-state index in [1.807, 2.05) is 0 Å². The summed E-state index contributed by atoms with van der Waals surface area (Å²) in [5.74, 6) is 0.534. The van der Waals surface area contributed by atoms with Crippen molar-refractivity contribution in [3.63, 3.8) is 0 Å². The fraction of sp³-hybridized carbons (Fsp3) is 0.182. The minimum atomic E-state index is -4.46. The summed E-state index contributed by atoms with van der Waals surface area (Å²) in [6.07, 6.45) is -4.46. The summed E-state index contributed by atoms with van der Waals surface area (Å²) in [6, 6.07) is 3.57. The molecular formula is C11H10F3N5O. The Kier molecular flexibility index (Phi) is 3.59. The van der Waals surface area contributed by atoms with Gasteiger partial charge in [-0.15, -0.1) is 5.10 Å². The summed E-state index contributed by atoms with van der Waals surface area (Å²) in [5.41, 5.74) is -0.825. The van der Waals surface area contributed by atoms with Crippen LogP contribution in [0, 0.1) is 6.92 Å². The first-order valence-electron chi connectivity index (χ1n) is 5.49. The number of nitrogens with one attached hydrogen (secondary N) is 3. The second kappa shape index (κ2) is 5.19. The lowest BCUT2D eigenvalue weighted by Gasteiger charge is -2.09. The molecule has 1 heterocycles. The number of aryl methyl sites for hydroxylation is 1. The highest BCUT2D eigenvalue weighted by Gasteiger charge is 2.30. The number of amides is 2. The largest absolute Gasteiger partial charge is 0.416 e. The van der Waals surface area contributed by atoms with Gasteiger partial charge in [-0.05, 0) is 25.1 Å². The Labute approximate surface area is 111 Å². The van der Waals surface area contributed by atoms with E-state index in [-0.39, 0.29) is 11.6 Å². The van der Waals surface area contributed by atoms with Crippen LogP contribution in [0.15, 0.2) is 24.3 Å². The maximum Gasteiger partial charge on any atom is 0.416 e. The third kappa shape index (κ3) is 3.46. The molecule has 0 unspecified atom stereocenters. The average molecular weight is 285 g/mol. The second-order valence-corrected chi connectivity index (χ2v) is 3.90. The van der Waals surface area contributed by atoms with Crippen molar-refractivity contribution in [1.82, 2.24) is 15.2 Å². The van der Waals surface area contributed by atoms with E-state index in [0.717, 1.165) is 12.1 Å². The highest BCUT2D eigenvalue weighted by Crippen LogP contribution is 2.30. The lowest BCUT2D eigenvalue weighted by atomic mass is 10.2. The Morgan fingerprint density at radius 2 is 2.05 bits per heavy atom. The smallest absolute Gasteiger partial charge is 0.308 e. The van der Waals surface area contributed by atoms with E-state index >= 15 is 0 Å². The third-order valence-corrected chi connectivity index (χ3v) is 2.27. The summed E-state index contributed by atoms with van der Waals surface area (Å²) < 4.78 is 37.5. The third-order valence-electron chi connectivity index (χ3n) is 2.27. The molecule has 1 aromatic heterocycles. The zero-order valence-corrected chi connectivity index (χ0v) is 10.2. The van der Waals surface area contributed by atoms with Crippen molar-refractivity contribution < 1.29 is 18.0 Å². The Bertz CT molecular complexity index is 623. The lowest BCUT2D eigenvalue weighted by molar-refractivity contribution is -0.137. The first-order chi connectivity index (χ1) is 9.34. The molecule has 0 atom stereocenters. The van der Waals surface area contributed by atoms with Gasteiger partial charge in [-0.1, -0.05) is 6.07 Å². The maximum atomic E-state index is 12.5. The van der Waals surface area contributed by atoms with Crippen LogP contribution in [-0.2, 0) is 6.18 Å². The number of benzene rings is 1. The number of carbonyl (C=O) groups excluding carboxylic acids is 1. The molecule has 0 aliphatic rings. The quantitative estimate of drug-likeness (QED) is 0.793. The number of rotatable bonds is 2. The molecule has 2 rings (SSSR count). The van der Waals surface area contributed by atoms with Gasteiger partial charge in [-0.25, -0.2) is 4.79 Å². The fourth-order valence-corrected chi connectivity index (χ4v) is 1.44. The molecule has 106 valence electrons. The molecule has 3 N–H and O–H groups in total. The zero-order chi connectivity index (χ0) is 14.8. The van der Waals surface area contributed by atoms with E-state index in [1.54, 1.807) is 6.92 Å². The van der Waals surface area contributed by atoms with Gasteiger partial charge in [0.1, 0.15) is 5.82 Å². The van der Waals surface area contributed by atoms with Crippen LogP contribution in [-0.4, -0.2) is 21.2 Å². The molecule has 9 heteroatoms. The molecule has 0 fully saturated rings. The van der Waals surface area contributed by atoms with Gasteiger partial charge in [0.2, 0.25) is 5.95 Å². The Balaban J connectivity index is 2.04. The summed E-state index contributed by atoms with van der Waals surface area (Å²) in [6.45, 7) is 1.64. The molecule has 0 radical (unpaired) electrons. The SMILES string of the molecule is Cc1nc(NC(=O)Nc2cccc(C(F)(F)F)c2)n[nH]1. The van der Waals surface area contributed by atoms with E-state index < -0.39 is 17.8 Å². The van der Waals surface area contributed by atoms with Crippen LogP contribution in [0.4, 0.5) is 29.6 Å². The van der Waals surface area contributed by atoms with E-state index in [4.69, 9.17) is 0 Å². The van der Waals surface area contributed by atoms with Crippen molar-refractivity contribution >= 4 is 17.7 Å². The molecule has 20 heavy (non-hydrogen) atoms. The zero-order valence-electron chi connectivity index (χ0n) is 10.2. The molecule has 2 amide bonds. The van der Waals surface area contributed by atoms with Crippen LogP contribution < -0.4 is 10.6 Å². The molecule has 0 aliphatic carbocycles. The molecule has 2 aromatic rings. The highest BCUT2D eigenvalue weighted by molar-refractivity contribution is 5.98. The topological polar surface area (TPSA) is 82.7 Å². The van der Waals surface area contributed by atoms with Gasteiger partial charge in [0.05, 0.1) is 5.56 Å². The first-order valence-corrected chi connectivity index (χ1v) is 5.49. The van der Waals surface area contributed by atoms with Crippen molar-refractivity contribution in [2.45, 2.75) is 13.1 Å². The number of H-pyrrole nitrogens is 1. The molecule has 0 spiro atoms. The Morgan fingerprint density at radius 1 is 1.30 bits per heavy atom. The molecule has 0 aliphatic heterocycles. The number of aromatic amines is 1. The minimum Gasteiger partial charge on any atom is -0.308 e. The van der Waals surface area contributed by atoms with E-state index in [1.165, 1.54) is 12.1 Å². The number of alkyl halides is 3. The number of urea groups is 1. The number of aromatic nitrogens is 3. The van der Waals surface area contributed by atoms with Gasteiger partial charge in [0, 0.05) is 5.69 Å². The fourth-order valence-electron chi connectivity index (χ4n) is 1.44. The summed E-state index contributed by atoms with van der Waals surface area (Å²) in [4.78, 5) is 15.4. The van der Waals surface area contributed by atoms with Crippen LogP contribution in [0.2, 0.25) is 0 Å². The van der Waals surface area contributed by atoms with Gasteiger partial charge in [0.15, 0.2) is 0 Å². The molecule has 1 aromatic carbocycles. The number of anilines is 2. The average Bonchev–Trinajstić information content (AvgIpc) is 2.73.